The third-order valence-corrected chi connectivity index (χ3v) is 6.59. The monoisotopic (exact) mass is 557 g/mol. The Kier molecular flexibility index (Phi) is 8.88. The molecule has 2 aromatic heterocycles. The van der Waals surface area contributed by atoms with Gasteiger partial charge in [-0.2, -0.15) is 4.98 Å². The summed E-state index contributed by atoms with van der Waals surface area (Å²) in [6, 6.07) is 12.4. The van der Waals surface area contributed by atoms with Crippen LogP contribution in [0.2, 0.25) is 0 Å². The van der Waals surface area contributed by atoms with Gasteiger partial charge in [0.25, 0.3) is 5.56 Å². The topological polar surface area (TPSA) is 114 Å². The van der Waals surface area contributed by atoms with Crippen LogP contribution in [0.4, 0.5) is 23.0 Å². The normalized spacial score (nSPS) is 10.9. The summed E-state index contributed by atoms with van der Waals surface area (Å²) in [5.74, 6) is 0.940. The fraction of sp³-hybridized carbons (Fsp3) is 0.267. The van der Waals surface area contributed by atoms with Crippen LogP contribution in [0.25, 0.3) is 16.7 Å². The Hall–Kier alpha value is -4.90. The Morgan fingerprint density at radius 1 is 1.05 bits per heavy atom. The molecule has 0 radical (unpaired) electrons. The second-order valence-electron chi connectivity index (χ2n) is 9.72. The quantitative estimate of drug-likeness (QED) is 0.264. The van der Waals surface area contributed by atoms with Crippen molar-refractivity contribution < 1.29 is 14.3 Å². The zero-order valence-electron chi connectivity index (χ0n) is 24.2. The predicted molar refractivity (Wildman–Crippen MR) is 163 cm³/mol. The fourth-order valence-corrected chi connectivity index (χ4v) is 4.39. The highest BCUT2D eigenvalue weighted by Crippen LogP contribution is 2.38. The summed E-state index contributed by atoms with van der Waals surface area (Å²) in [7, 11) is 9.07. The van der Waals surface area contributed by atoms with Gasteiger partial charge < -0.3 is 29.9 Å². The molecule has 214 valence electrons. The fourth-order valence-electron chi connectivity index (χ4n) is 4.39. The Morgan fingerprint density at radius 2 is 1.78 bits per heavy atom. The van der Waals surface area contributed by atoms with Crippen molar-refractivity contribution in [1.29, 1.82) is 0 Å². The second-order valence-corrected chi connectivity index (χ2v) is 9.72. The number of aryl methyl sites for hydroxylation is 1. The molecule has 11 heteroatoms. The van der Waals surface area contributed by atoms with Crippen molar-refractivity contribution in [2.75, 3.05) is 64.0 Å². The minimum absolute atomic E-state index is 0.235. The van der Waals surface area contributed by atoms with E-state index >= 15 is 0 Å². The van der Waals surface area contributed by atoms with E-state index in [1.165, 1.54) is 10.6 Å². The lowest BCUT2D eigenvalue weighted by Crippen LogP contribution is -2.29. The minimum atomic E-state index is -0.346. The maximum Gasteiger partial charge on any atom is 0.257 e. The Morgan fingerprint density at radius 3 is 2.46 bits per heavy atom. The summed E-state index contributed by atoms with van der Waals surface area (Å²) in [5.41, 5.74) is 3.32. The van der Waals surface area contributed by atoms with Gasteiger partial charge in [0, 0.05) is 43.9 Å². The van der Waals surface area contributed by atoms with Crippen LogP contribution in [-0.2, 0) is 4.79 Å². The molecule has 0 saturated carbocycles. The van der Waals surface area contributed by atoms with E-state index in [1.807, 2.05) is 51.2 Å². The number of hydrogen-bond donors (Lipinski definition) is 2. The molecule has 41 heavy (non-hydrogen) atoms. The highest BCUT2D eigenvalue weighted by atomic mass is 16.5. The molecular formula is C30H35N7O4. The summed E-state index contributed by atoms with van der Waals surface area (Å²) in [5, 5.41) is 6.81. The van der Waals surface area contributed by atoms with Crippen LogP contribution >= 0.6 is 0 Å². The number of nitrogens with zero attached hydrogens (tertiary/aromatic N) is 5. The maximum absolute atomic E-state index is 13.2. The number of para-hydroxylation sites is 2. The van der Waals surface area contributed by atoms with Crippen LogP contribution in [0, 0.1) is 6.92 Å². The standard InChI is InChI=1S/C30H35N7O4/c1-8-27(38)32-21-16-22(26(41-7)17-24(21)36(5)14-13-35(3)4)33-30-31-18-20-19(2)15-28(39)37(29(20)34-30)23-11-9-10-12-25(23)40-6/h8-12,15-18H,1,13-14H2,2-7H3,(H,32,38)(H,31,33,34). The highest BCUT2D eigenvalue weighted by Gasteiger charge is 2.18. The molecule has 2 N–H and O–H groups in total. The van der Waals surface area contributed by atoms with Gasteiger partial charge in [-0.25, -0.2) is 4.98 Å². The summed E-state index contributed by atoms with van der Waals surface area (Å²) in [6.45, 7) is 6.94. The van der Waals surface area contributed by atoms with Crippen molar-refractivity contribution in [2.45, 2.75) is 6.92 Å². The van der Waals surface area contributed by atoms with E-state index < -0.39 is 0 Å². The van der Waals surface area contributed by atoms with E-state index in [-0.39, 0.29) is 17.4 Å². The van der Waals surface area contributed by atoms with Crippen LogP contribution in [0.5, 0.6) is 11.5 Å². The van der Waals surface area contributed by atoms with Gasteiger partial charge in [0.1, 0.15) is 11.5 Å². The van der Waals surface area contributed by atoms with Crippen molar-refractivity contribution in [3.8, 4) is 17.2 Å². The zero-order valence-corrected chi connectivity index (χ0v) is 24.2. The lowest BCUT2D eigenvalue weighted by Gasteiger charge is -2.26. The molecule has 2 heterocycles. The number of fused-ring (bicyclic) bond motifs is 1. The van der Waals surface area contributed by atoms with Crippen molar-refractivity contribution in [3.63, 3.8) is 0 Å². The number of ether oxygens (including phenoxy) is 2. The van der Waals surface area contributed by atoms with Crippen LogP contribution in [-0.4, -0.2) is 73.8 Å². The molecule has 0 fully saturated rings. The van der Waals surface area contributed by atoms with Gasteiger partial charge in [0.05, 0.1) is 37.0 Å². The predicted octanol–water partition coefficient (Wildman–Crippen LogP) is 3.97. The lowest BCUT2D eigenvalue weighted by atomic mass is 10.2. The van der Waals surface area contributed by atoms with Crippen molar-refractivity contribution in [2.24, 2.45) is 0 Å². The molecule has 0 saturated heterocycles. The number of pyridine rings is 1. The van der Waals surface area contributed by atoms with E-state index in [4.69, 9.17) is 14.5 Å². The lowest BCUT2D eigenvalue weighted by molar-refractivity contribution is -0.111. The number of anilines is 4. The van der Waals surface area contributed by atoms with Gasteiger partial charge in [-0.3, -0.25) is 14.2 Å². The third kappa shape index (κ3) is 6.30. The molecule has 0 unspecified atom stereocenters. The number of amides is 1. The van der Waals surface area contributed by atoms with Gasteiger partial charge in [-0.1, -0.05) is 18.7 Å². The summed E-state index contributed by atoms with van der Waals surface area (Å²) >= 11 is 0. The Labute approximate surface area is 239 Å². The van der Waals surface area contributed by atoms with Crippen LogP contribution in [0.3, 0.4) is 0 Å². The SMILES string of the molecule is C=CC(=O)Nc1cc(Nc2ncc3c(C)cc(=O)n(-c4ccccc4OC)c3n2)c(OC)cc1N(C)CCN(C)C. The first-order valence-electron chi connectivity index (χ1n) is 13.0. The van der Waals surface area contributed by atoms with Gasteiger partial charge >= 0.3 is 0 Å². The largest absolute Gasteiger partial charge is 0.495 e. The zero-order chi connectivity index (χ0) is 29.7. The number of carbonyl (C=O) groups excluding carboxylic acids is 1. The highest BCUT2D eigenvalue weighted by molar-refractivity contribution is 6.02. The van der Waals surface area contributed by atoms with Gasteiger partial charge in [-0.05, 0) is 50.9 Å². The number of methoxy groups -OCH3 is 2. The number of carbonyl (C=O) groups is 1. The van der Waals surface area contributed by atoms with Crippen molar-refractivity contribution >= 4 is 40.0 Å². The molecule has 0 bridgehead atoms. The molecule has 0 aliphatic carbocycles. The van der Waals surface area contributed by atoms with Crippen LogP contribution in [0.15, 0.2) is 66.1 Å². The summed E-state index contributed by atoms with van der Waals surface area (Å²) < 4.78 is 12.7. The molecule has 11 nitrogen and oxygen atoms in total. The van der Waals surface area contributed by atoms with Crippen LogP contribution in [0.1, 0.15) is 5.56 Å². The summed E-state index contributed by atoms with van der Waals surface area (Å²) in [6.07, 6.45) is 2.88. The van der Waals surface area contributed by atoms with E-state index in [0.29, 0.717) is 46.1 Å². The van der Waals surface area contributed by atoms with E-state index in [0.717, 1.165) is 17.8 Å². The molecule has 0 atom stereocenters. The number of aromatic nitrogens is 3. The van der Waals surface area contributed by atoms with Crippen molar-refractivity contribution in [1.82, 2.24) is 19.4 Å². The molecule has 4 aromatic rings. The smallest absolute Gasteiger partial charge is 0.257 e. The number of likely N-dealkylation sites (N-methyl/N-ethyl adjacent to an activating group) is 2. The average Bonchev–Trinajstić information content (AvgIpc) is 2.96. The first-order chi connectivity index (χ1) is 19.7. The summed E-state index contributed by atoms with van der Waals surface area (Å²) in [4.78, 5) is 38.9. The molecule has 2 aromatic carbocycles. The minimum Gasteiger partial charge on any atom is -0.495 e. The molecular weight excluding hydrogens is 522 g/mol. The number of rotatable bonds is 11. The maximum atomic E-state index is 13.2. The molecule has 1 amide bonds. The Balaban J connectivity index is 1.83. The van der Waals surface area contributed by atoms with Gasteiger partial charge in [-0.15, -0.1) is 0 Å². The van der Waals surface area contributed by atoms with Crippen LogP contribution < -0.4 is 30.6 Å². The van der Waals surface area contributed by atoms with E-state index in [9.17, 15) is 9.59 Å². The number of nitrogens with one attached hydrogen (secondary N) is 2. The molecule has 0 aliphatic rings. The second kappa shape index (κ2) is 12.5. The first kappa shape index (κ1) is 29.1. The third-order valence-electron chi connectivity index (χ3n) is 6.59. The first-order valence-corrected chi connectivity index (χ1v) is 13.0. The Bertz CT molecular complexity index is 1650. The molecule has 0 aliphatic heterocycles. The molecule has 0 spiro atoms. The van der Waals surface area contributed by atoms with Gasteiger partial charge in [0.15, 0.2) is 5.65 Å². The average molecular weight is 558 g/mol. The number of hydrogen-bond acceptors (Lipinski definition) is 9. The number of benzene rings is 2. The van der Waals surface area contributed by atoms with E-state index in [1.54, 1.807) is 44.7 Å². The molecule has 4 rings (SSSR count). The van der Waals surface area contributed by atoms with Gasteiger partial charge in [0.2, 0.25) is 11.9 Å². The van der Waals surface area contributed by atoms with E-state index in [2.05, 4.69) is 27.1 Å². The van der Waals surface area contributed by atoms with Crippen molar-refractivity contribution in [3.05, 3.63) is 77.2 Å².